The van der Waals surface area contributed by atoms with Crippen LogP contribution in [0.15, 0.2) is 15.3 Å². The van der Waals surface area contributed by atoms with Gasteiger partial charge >= 0.3 is 5.97 Å². The third-order valence-corrected chi connectivity index (χ3v) is 7.93. The van der Waals surface area contributed by atoms with Gasteiger partial charge in [-0.05, 0) is 55.8 Å². The lowest BCUT2D eigenvalue weighted by Crippen LogP contribution is -2.63. The summed E-state index contributed by atoms with van der Waals surface area (Å²) in [4.78, 5) is 23.8. The molecule has 0 unspecified atom stereocenters. The normalized spacial score (nSPS) is 39.5. The number of hydrogen-bond acceptors (Lipinski definition) is 5. The highest BCUT2D eigenvalue weighted by atomic mass is 16.6. The number of aliphatic hydroxyl groups excluding tert-OH is 1. The van der Waals surface area contributed by atoms with Gasteiger partial charge in [0.2, 0.25) is 5.76 Å². The fraction of sp³-hybridized carbons (Fsp3) is 0.714. The molecule has 0 amide bonds. The molecule has 3 aliphatic rings. The van der Waals surface area contributed by atoms with E-state index >= 15 is 0 Å². The van der Waals surface area contributed by atoms with Crippen LogP contribution in [0.5, 0.6) is 5.95 Å². The highest BCUT2D eigenvalue weighted by Gasteiger charge is 2.62. The second kappa shape index (κ2) is 5.60. The van der Waals surface area contributed by atoms with Gasteiger partial charge in [-0.1, -0.05) is 20.8 Å². The molecule has 2 heterocycles. The van der Waals surface area contributed by atoms with Gasteiger partial charge in [0.15, 0.2) is 5.43 Å². The van der Waals surface area contributed by atoms with Crippen molar-refractivity contribution >= 4 is 5.97 Å². The Hall–Kier alpha value is -1.82. The second-order valence-electron chi connectivity index (χ2n) is 9.69. The third kappa shape index (κ3) is 2.49. The van der Waals surface area contributed by atoms with Crippen LogP contribution in [-0.2, 0) is 6.42 Å². The van der Waals surface area contributed by atoms with Gasteiger partial charge in [-0.25, -0.2) is 4.79 Å². The average Bonchev–Trinajstić information content (AvgIpc) is 2.57. The van der Waals surface area contributed by atoms with Gasteiger partial charge in [0.05, 0.1) is 11.7 Å². The quantitative estimate of drug-likeness (QED) is 0.781. The Kier molecular flexibility index (Phi) is 3.84. The smallest absolute Gasteiger partial charge is 0.372 e. The molecule has 0 spiro atoms. The number of fused-ring (bicyclic) bond motifs is 4. The maximum absolute atomic E-state index is 12.6. The molecule has 2 fully saturated rings. The molecule has 4 rings (SSSR count). The Labute approximate surface area is 158 Å². The number of carbonyl (C=O) groups is 1. The Balaban J connectivity index is 1.80. The molecular weight excluding hydrogens is 348 g/mol. The van der Waals surface area contributed by atoms with Crippen molar-refractivity contribution in [3.63, 3.8) is 0 Å². The number of carboxylic acid groups (broad SMARTS) is 1. The number of aromatic carboxylic acids is 1. The van der Waals surface area contributed by atoms with E-state index < -0.39 is 11.6 Å². The molecule has 0 bridgehead atoms. The van der Waals surface area contributed by atoms with Gasteiger partial charge in [0, 0.05) is 12.0 Å². The Morgan fingerprint density at radius 1 is 1.15 bits per heavy atom. The zero-order valence-electron chi connectivity index (χ0n) is 16.4. The van der Waals surface area contributed by atoms with Gasteiger partial charge in [0.1, 0.15) is 5.60 Å². The van der Waals surface area contributed by atoms with E-state index in [2.05, 4.69) is 20.8 Å². The molecule has 2 saturated carbocycles. The summed E-state index contributed by atoms with van der Waals surface area (Å²) in [6, 6.07) is 1.05. The molecule has 2 N–H and O–H groups in total. The molecule has 0 aromatic carbocycles. The van der Waals surface area contributed by atoms with E-state index in [1.165, 1.54) is 0 Å². The van der Waals surface area contributed by atoms with Crippen LogP contribution in [-0.4, -0.2) is 27.9 Å². The van der Waals surface area contributed by atoms with Crippen molar-refractivity contribution < 1.29 is 24.2 Å². The van der Waals surface area contributed by atoms with Crippen LogP contribution in [0.4, 0.5) is 0 Å². The molecular formula is C21H28O6. The van der Waals surface area contributed by atoms with Crippen molar-refractivity contribution in [2.75, 3.05) is 0 Å². The molecule has 2 aliphatic carbocycles. The summed E-state index contributed by atoms with van der Waals surface area (Å²) in [6.45, 7) is 8.61. The first-order valence-corrected chi connectivity index (χ1v) is 9.76. The van der Waals surface area contributed by atoms with Gasteiger partial charge < -0.3 is 19.4 Å². The van der Waals surface area contributed by atoms with Gasteiger partial charge in [0.25, 0.3) is 5.95 Å². The molecule has 0 radical (unpaired) electrons. The number of rotatable bonds is 1. The van der Waals surface area contributed by atoms with Gasteiger partial charge in [-0.3, -0.25) is 4.79 Å². The molecule has 0 saturated heterocycles. The third-order valence-electron chi connectivity index (χ3n) is 7.93. The van der Waals surface area contributed by atoms with E-state index in [0.29, 0.717) is 17.9 Å². The van der Waals surface area contributed by atoms with E-state index in [4.69, 9.17) is 9.15 Å². The lowest BCUT2D eigenvalue weighted by molar-refractivity contribution is -0.195. The summed E-state index contributed by atoms with van der Waals surface area (Å²) < 4.78 is 11.6. The minimum absolute atomic E-state index is 0.0642. The first-order chi connectivity index (χ1) is 12.5. The average molecular weight is 376 g/mol. The van der Waals surface area contributed by atoms with Crippen molar-refractivity contribution in [1.29, 1.82) is 0 Å². The Morgan fingerprint density at radius 3 is 2.52 bits per heavy atom. The molecule has 6 heteroatoms. The topological polar surface area (TPSA) is 97.0 Å². The molecule has 27 heavy (non-hydrogen) atoms. The van der Waals surface area contributed by atoms with Gasteiger partial charge in [-0.2, -0.15) is 0 Å². The fourth-order valence-corrected chi connectivity index (χ4v) is 6.35. The molecule has 1 aromatic rings. The fourth-order valence-electron chi connectivity index (χ4n) is 6.35. The second-order valence-corrected chi connectivity index (χ2v) is 9.69. The van der Waals surface area contributed by atoms with E-state index in [1.54, 1.807) is 0 Å². The summed E-state index contributed by atoms with van der Waals surface area (Å²) in [6.07, 6.45) is 3.54. The summed E-state index contributed by atoms with van der Waals surface area (Å²) >= 11 is 0. The van der Waals surface area contributed by atoms with Crippen LogP contribution >= 0.6 is 0 Å². The van der Waals surface area contributed by atoms with Crippen molar-refractivity contribution in [2.45, 2.75) is 71.5 Å². The minimum Gasteiger partial charge on any atom is -0.475 e. The number of hydrogen-bond donors (Lipinski definition) is 2. The maximum atomic E-state index is 12.6. The molecule has 1 aliphatic heterocycles. The minimum atomic E-state index is -1.27. The van der Waals surface area contributed by atoms with Crippen molar-refractivity contribution in [2.24, 2.45) is 22.7 Å². The molecule has 148 valence electrons. The number of carboxylic acids is 1. The van der Waals surface area contributed by atoms with E-state index in [1.807, 2.05) is 6.92 Å². The highest BCUT2D eigenvalue weighted by molar-refractivity contribution is 5.84. The SMILES string of the molecule is CC1(C)[C@H](O)CC[C@@]2(C)[C@H]3Cc4c(oc(C(=O)O)cc4=O)O[C@@]3(C)CC[C@@H]12. The van der Waals surface area contributed by atoms with Crippen LogP contribution < -0.4 is 10.2 Å². The zero-order chi connectivity index (χ0) is 19.8. The molecule has 6 nitrogen and oxygen atoms in total. The van der Waals surface area contributed by atoms with Crippen molar-refractivity contribution in [3.05, 3.63) is 27.6 Å². The van der Waals surface area contributed by atoms with Crippen LogP contribution in [0, 0.1) is 22.7 Å². The standard InChI is InChI=1S/C21H28O6/c1-19(2)14-5-8-21(4)15(20(14,3)7-6-16(19)23)9-11-12(22)10-13(17(24)25)26-18(11)27-21/h10,14-16,23H,5-9H2,1-4H3,(H,24,25)/t14-,15+,16+,20+,21-/m0/s1. The predicted octanol–water partition coefficient (Wildman–Crippen LogP) is 3.25. The van der Waals surface area contributed by atoms with E-state index in [0.717, 1.165) is 31.7 Å². The van der Waals surface area contributed by atoms with Crippen LogP contribution in [0.3, 0.4) is 0 Å². The van der Waals surface area contributed by atoms with Gasteiger partial charge in [-0.15, -0.1) is 0 Å². The monoisotopic (exact) mass is 376 g/mol. The largest absolute Gasteiger partial charge is 0.475 e. The number of ether oxygens (including phenoxy) is 1. The first kappa shape index (κ1) is 18.5. The molecule has 5 atom stereocenters. The van der Waals surface area contributed by atoms with Crippen LogP contribution in [0.25, 0.3) is 0 Å². The van der Waals surface area contributed by atoms with Crippen LogP contribution in [0.1, 0.15) is 69.5 Å². The summed E-state index contributed by atoms with van der Waals surface area (Å²) in [7, 11) is 0. The predicted molar refractivity (Wildman–Crippen MR) is 98.0 cm³/mol. The maximum Gasteiger partial charge on any atom is 0.372 e. The Bertz CT molecular complexity index is 855. The summed E-state index contributed by atoms with van der Waals surface area (Å²) in [5.41, 5.74) is -0.661. The van der Waals surface area contributed by atoms with Crippen LogP contribution in [0.2, 0.25) is 0 Å². The first-order valence-electron chi connectivity index (χ1n) is 9.76. The lowest BCUT2D eigenvalue weighted by atomic mass is 9.44. The zero-order valence-corrected chi connectivity index (χ0v) is 16.4. The van der Waals surface area contributed by atoms with Crippen molar-refractivity contribution in [3.8, 4) is 5.95 Å². The highest BCUT2D eigenvalue weighted by Crippen LogP contribution is 2.64. The molecule has 1 aromatic heterocycles. The Morgan fingerprint density at radius 2 is 1.85 bits per heavy atom. The summed E-state index contributed by atoms with van der Waals surface area (Å²) in [5.74, 6) is -1.15. The van der Waals surface area contributed by atoms with E-state index in [-0.39, 0.29) is 40.0 Å². The summed E-state index contributed by atoms with van der Waals surface area (Å²) in [5, 5.41) is 19.8. The lowest BCUT2D eigenvalue weighted by Gasteiger charge is -2.63. The number of aliphatic hydroxyl groups is 1. The van der Waals surface area contributed by atoms with Crippen molar-refractivity contribution in [1.82, 2.24) is 0 Å². The van der Waals surface area contributed by atoms with E-state index in [9.17, 15) is 19.8 Å².